The molecular formula is C14H17NO3. The monoisotopic (exact) mass is 247 g/mol. The highest BCUT2D eigenvalue weighted by Gasteiger charge is 2.42. The predicted octanol–water partition coefficient (Wildman–Crippen LogP) is 1.58. The van der Waals surface area contributed by atoms with Gasteiger partial charge in [0.1, 0.15) is 11.9 Å². The number of benzene rings is 1. The summed E-state index contributed by atoms with van der Waals surface area (Å²) in [4.78, 5) is 13.9. The molecule has 0 aromatic heterocycles. The van der Waals surface area contributed by atoms with Gasteiger partial charge >= 0.3 is 0 Å². The molecule has 2 heterocycles. The first-order chi connectivity index (χ1) is 8.78. The van der Waals surface area contributed by atoms with E-state index in [-0.39, 0.29) is 18.1 Å². The summed E-state index contributed by atoms with van der Waals surface area (Å²) < 4.78 is 10.5. The van der Waals surface area contributed by atoms with E-state index in [4.69, 9.17) is 9.47 Å². The summed E-state index contributed by atoms with van der Waals surface area (Å²) in [5.41, 5.74) is 1.11. The van der Waals surface area contributed by atoms with Crippen molar-refractivity contribution in [3.05, 3.63) is 29.8 Å². The van der Waals surface area contributed by atoms with E-state index in [0.29, 0.717) is 13.0 Å². The number of hydrogen-bond donors (Lipinski definition) is 0. The number of ether oxygens (including phenoxy) is 2. The lowest BCUT2D eigenvalue weighted by atomic mass is 10.1. The number of carbonyl (C=O) groups excluding carboxylic acids is 1. The van der Waals surface area contributed by atoms with Gasteiger partial charge in [-0.15, -0.1) is 0 Å². The number of likely N-dealkylation sites (tertiary alicyclic amines) is 1. The van der Waals surface area contributed by atoms with E-state index in [1.54, 1.807) is 7.11 Å². The van der Waals surface area contributed by atoms with Crippen molar-refractivity contribution in [1.29, 1.82) is 0 Å². The lowest BCUT2D eigenvalue weighted by Gasteiger charge is -2.23. The minimum Gasteiger partial charge on any atom is -0.497 e. The lowest BCUT2D eigenvalue weighted by Crippen LogP contribution is -2.36. The first-order valence-corrected chi connectivity index (χ1v) is 6.32. The molecule has 0 N–H and O–H groups in total. The number of rotatable bonds is 4. The van der Waals surface area contributed by atoms with Crippen molar-refractivity contribution in [3.8, 4) is 5.75 Å². The molecule has 4 heteroatoms. The quantitative estimate of drug-likeness (QED) is 0.759. The Kier molecular flexibility index (Phi) is 2.96. The molecule has 18 heavy (non-hydrogen) atoms. The van der Waals surface area contributed by atoms with Gasteiger partial charge in [-0.3, -0.25) is 4.79 Å². The second kappa shape index (κ2) is 4.61. The first-order valence-electron chi connectivity index (χ1n) is 6.32. The van der Waals surface area contributed by atoms with Crippen LogP contribution in [0.5, 0.6) is 5.75 Å². The number of carbonyl (C=O) groups is 1. The average molecular weight is 247 g/mol. The second-order valence-corrected chi connectivity index (χ2v) is 4.85. The highest BCUT2D eigenvalue weighted by molar-refractivity contribution is 5.79. The zero-order valence-corrected chi connectivity index (χ0v) is 10.5. The zero-order chi connectivity index (χ0) is 12.5. The molecule has 96 valence electrons. The first kappa shape index (κ1) is 11.5. The van der Waals surface area contributed by atoms with E-state index in [9.17, 15) is 4.79 Å². The number of nitrogens with zero attached hydrogens (tertiary/aromatic N) is 1. The van der Waals surface area contributed by atoms with Gasteiger partial charge in [-0.1, -0.05) is 12.1 Å². The highest BCUT2D eigenvalue weighted by Crippen LogP contribution is 2.30. The zero-order valence-electron chi connectivity index (χ0n) is 10.5. The van der Waals surface area contributed by atoms with Crippen molar-refractivity contribution >= 4 is 5.91 Å². The van der Waals surface area contributed by atoms with Crippen molar-refractivity contribution in [1.82, 2.24) is 4.90 Å². The van der Waals surface area contributed by atoms with Crippen molar-refractivity contribution in [3.63, 3.8) is 0 Å². The molecule has 0 unspecified atom stereocenters. The lowest BCUT2D eigenvalue weighted by molar-refractivity contribution is -0.129. The summed E-state index contributed by atoms with van der Waals surface area (Å²) in [6.07, 6.45) is 1.84. The van der Waals surface area contributed by atoms with Gasteiger partial charge in [0.2, 0.25) is 5.91 Å². The molecule has 2 saturated heterocycles. The van der Waals surface area contributed by atoms with Gasteiger partial charge in [-0.05, 0) is 24.1 Å². The third-order valence-corrected chi connectivity index (χ3v) is 3.65. The molecule has 2 atom stereocenters. The Morgan fingerprint density at radius 1 is 1.50 bits per heavy atom. The van der Waals surface area contributed by atoms with Gasteiger partial charge in [0.05, 0.1) is 19.8 Å². The van der Waals surface area contributed by atoms with Crippen LogP contribution < -0.4 is 4.74 Å². The third-order valence-electron chi connectivity index (χ3n) is 3.65. The fourth-order valence-electron chi connectivity index (χ4n) is 2.59. The van der Waals surface area contributed by atoms with Crippen LogP contribution in [0.1, 0.15) is 18.4 Å². The number of amides is 1. The second-order valence-electron chi connectivity index (χ2n) is 4.85. The van der Waals surface area contributed by atoms with Gasteiger partial charge in [0.15, 0.2) is 0 Å². The van der Waals surface area contributed by atoms with Gasteiger partial charge in [0.25, 0.3) is 0 Å². The molecule has 0 radical (unpaired) electrons. The van der Waals surface area contributed by atoms with Crippen LogP contribution in [0, 0.1) is 0 Å². The van der Waals surface area contributed by atoms with E-state index in [0.717, 1.165) is 24.3 Å². The highest BCUT2D eigenvalue weighted by atomic mass is 16.6. The SMILES string of the molecule is COc1cccc(CN2C(=O)CC[C@H]2[C@@H]2CO2)c1. The van der Waals surface area contributed by atoms with E-state index in [2.05, 4.69) is 0 Å². The van der Waals surface area contributed by atoms with E-state index in [1.807, 2.05) is 29.2 Å². The van der Waals surface area contributed by atoms with Crippen LogP contribution >= 0.6 is 0 Å². The van der Waals surface area contributed by atoms with Crippen LogP contribution in [-0.4, -0.2) is 36.7 Å². The third kappa shape index (κ3) is 2.20. The summed E-state index contributed by atoms with van der Waals surface area (Å²) in [7, 11) is 1.65. The van der Waals surface area contributed by atoms with Crippen LogP contribution in [0.2, 0.25) is 0 Å². The maximum atomic E-state index is 11.9. The van der Waals surface area contributed by atoms with Crippen LogP contribution in [0.25, 0.3) is 0 Å². The summed E-state index contributed by atoms with van der Waals surface area (Å²) in [6.45, 7) is 1.45. The minimum atomic E-state index is 0.235. The van der Waals surface area contributed by atoms with E-state index in [1.165, 1.54) is 0 Å². The molecular weight excluding hydrogens is 230 g/mol. The molecule has 0 aliphatic carbocycles. The van der Waals surface area contributed by atoms with Crippen molar-refractivity contribution in [2.75, 3.05) is 13.7 Å². The molecule has 4 nitrogen and oxygen atoms in total. The van der Waals surface area contributed by atoms with Gasteiger partial charge in [-0.25, -0.2) is 0 Å². The Morgan fingerprint density at radius 2 is 2.33 bits per heavy atom. The van der Waals surface area contributed by atoms with Gasteiger partial charge < -0.3 is 14.4 Å². The standard InChI is InChI=1S/C14H17NO3/c1-17-11-4-2-3-10(7-11)8-15-12(13-9-18-13)5-6-14(15)16/h2-4,7,12-13H,5-6,8-9H2,1H3/t12-,13-/m0/s1. The largest absolute Gasteiger partial charge is 0.497 e. The molecule has 2 fully saturated rings. The molecule has 1 aromatic rings. The van der Waals surface area contributed by atoms with Gasteiger partial charge in [-0.2, -0.15) is 0 Å². The molecule has 0 bridgehead atoms. The Bertz CT molecular complexity index is 456. The van der Waals surface area contributed by atoms with Crippen LogP contribution in [0.4, 0.5) is 0 Å². The fourth-order valence-corrected chi connectivity index (χ4v) is 2.59. The smallest absolute Gasteiger partial charge is 0.223 e. The van der Waals surface area contributed by atoms with Crippen molar-refractivity contribution in [2.24, 2.45) is 0 Å². The average Bonchev–Trinajstić information content (AvgIpc) is 3.17. The maximum Gasteiger partial charge on any atom is 0.223 e. The Hall–Kier alpha value is -1.55. The molecule has 0 spiro atoms. The minimum absolute atomic E-state index is 0.235. The number of hydrogen-bond acceptors (Lipinski definition) is 3. The molecule has 3 rings (SSSR count). The molecule has 1 amide bonds. The summed E-state index contributed by atoms with van der Waals surface area (Å²) in [6, 6.07) is 8.15. The molecule has 2 aliphatic rings. The van der Waals surface area contributed by atoms with Crippen LogP contribution in [0.15, 0.2) is 24.3 Å². The topological polar surface area (TPSA) is 42.1 Å². The van der Waals surface area contributed by atoms with E-state index < -0.39 is 0 Å². The Labute approximate surface area is 106 Å². The summed E-state index contributed by atoms with van der Waals surface area (Å²) in [5.74, 6) is 1.07. The fraction of sp³-hybridized carbons (Fsp3) is 0.500. The molecule has 0 saturated carbocycles. The van der Waals surface area contributed by atoms with Gasteiger partial charge in [0, 0.05) is 13.0 Å². The van der Waals surface area contributed by atoms with Crippen molar-refractivity contribution < 1.29 is 14.3 Å². The summed E-state index contributed by atoms with van der Waals surface area (Å²) in [5, 5.41) is 0. The molecule has 2 aliphatic heterocycles. The van der Waals surface area contributed by atoms with Crippen molar-refractivity contribution in [2.45, 2.75) is 31.5 Å². The Morgan fingerprint density at radius 3 is 3.06 bits per heavy atom. The van der Waals surface area contributed by atoms with Crippen LogP contribution in [-0.2, 0) is 16.1 Å². The normalized spacial score (nSPS) is 26.5. The molecule has 1 aromatic carbocycles. The Balaban J connectivity index is 1.75. The van der Waals surface area contributed by atoms with Crippen LogP contribution in [0.3, 0.4) is 0 Å². The summed E-state index contributed by atoms with van der Waals surface area (Å²) >= 11 is 0. The maximum absolute atomic E-state index is 11.9. The predicted molar refractivity (Wildman–Crippen MR) is 66.3 cm³/mol. The number of methoxy groups -OCH3 is 1. The number of epoxide rings is 1. The van der Waals surface area contributed by atoms with E-state index >= 15 is 0 Å².